The van der Waals surface area contributed by atoms with Gasteiger partial charge in [0, 0.05) is 56.9 Å². The third kappa shape index (κ3) is 4.11. The van der Waals surface area contributed by atoms with Crippen LogP contribution in [0.3, 0.4) is 0 Å². The highest BCUT2D eigenvalue weighted by Gasteiger charge is 2.33. The minimum absolute atomic E-state index is 0.292. The summed E-state index contributed by atoms with van der Waals surface area (Å²) >= 11 is 0. The van der Waals surface area contributed by atoms with Gasteiger partial charge in [-0.15, -0.1) is 0 Å². The van der Waals surface area contributed by atoms with E-state index in [4.69, 9.17) is 4.74 Å². The summed E-state index contributed by atoms with van der Waals surface area (Å²) in [6, 6.07) is 6.40. The molecule has 1 aromatic carbocycles. The molecule has 1 N–H and O–H groups in total. The average Bonchev–Trinajstić information content (AvgIpc) is 3.17. The largest absolute Gasteiger partial charge is 0.379 e. The van der Waals surface area contributed by atoms with E-state index in [1.165, 1.54) is 16.4 Å². The summed E-state index contributed by atoms with van der Waals surface area (Å²) in [5.74, 6) is -0.292. The van der Waals surface area contributed by atoms with Crippen LogP contribution in [0.5, 0.6) is 0 Å². The van der Waals surface area contributed by atoms with Gasteiger partial charge in [0.25, 0.3) is 10.2 Å². The quantitative estimate of drug-likeness (QED) is 0.794. The van der Waals surface area contributed by atoms with Crippen molar-refractivity contribution in [2.24, 2.45) is 0 Å². The van der Waals surface area contributed by atoms with Crippen molar-refractivity contribution in [3.63, 3.8) is 0 Å². The van der Waals surface area contributed by atoms with Crippen molar-refractivity contribution in [2.75, 3.05) is 52.5 Å². The van der Waals surface area contributed by atoms with Crippen LogP contribution >= 0.6 is 0 Å². The number of hydrogen-bond acceptors (Lipinski definition) is 5. The first-order valence-corrected chi connectivity index (χ1v) is 10.8. The Labute approximate surface area is 164 Å². The molecule has 4 rings (SSSR count). The van der Waals surface area contributed by atoms with Gasteiger partial charge in [0.1, 0.15) is 5.82 Å². The fourth-order valence-electron chi connectivity index (χ4n) is 3.62. The van der Waals surface area contributed by atoms with Crippen molar-refractivity contribution in [3.8, 4) is 11.3 Å². The zero-order valence-electron chi connectivity index (χ0n) is 15.6. The average molecular weight is 409 g/mol. The number of rotatable bonds is 5. The molecule has 0 aliphatic carbocycles. The maximum absolute atomic E-state index is 13.5. The number of benzene rings is 1. The first kappa shape index (κ1) is 19.5. The van der Waals surface area contributed by atoms with E-state index in [1.807, 2.05) is 6.07 Å². The Morgan fingerprint density at radius 1 is 1.07 bits per heavy atom. The van der Waals surface area contributed by atoms with E-state index in [2.05, 4.69) is 15.1 Å². The fraction of sp³-hybridized carbons (Fsp3) is 0.500. The predicted molar refractivity (Wildman–Crippen MR) is 102 cm³/mol. The van der Waals surface area contributed by atoms with Crippen LogP contribution in [0.4, 0.5) is 4.39 Å². The zero-order chi connectivity index (χ0) is 19.6. The van der Waals surface area contributed by atoms with Gasteiger partial charge in [0.05, 0.1) is 25.1 Å². The van der Waals surface area contributed by atoms with Gasteiger partial charge >= 0.3 is 0 Å². The maximum Gasteiger partial charge on any atom is 0.282 e. The van der Waals surface area contributed by atoms with Gasteiger partial charge in [0.15, 0.2) is 0 Å². The molecule has 0 unspecified atom stereocenters. The summed E-state index contributed by atoms with van der Waals surface area (Å²) in [7, 11) is -3.43. The lowest BCUT2D eigenvalue weighted by Crippen LogP contribution is -2.54. The van der Waals surface area contributed by atoms with Crippen LogP contribution in [0.15, 0.2) is 30.5 Å². The van der Waals surface area contributed by atoms with Gasteiger partial charge in [-0.25, -0.2) is 4.39 Å². The van der Waals surface area contributed by atoms with Crippen LogP contribution in [0.25, 0.3) is 11.3 Å². The highest BCUT2D eigenvalue weighted by molar-refractivity contribution is 7.86. The monoisotopic (exact) mass is 409 g/mol. The van der Waals surface area contributed by atoms with Gasteiger partial charge in [-0.2, -0.15) is 22.1 Å². The van der Waals surface area contributed by atoms with Crippen LogP contribution in [0, 0.1) is 5.82 Å². The molecule has 2 aliphatic rings. The standard InChI is InChI=1S/C18H24FN5O3S/c19-17-3-1-2-15(12-17)18-16(13-20-21-18)14-22-4-6-23(7-5-22)28(25,26)24-8-10-27-11-9-24/h1-3,12-13H,4-11,14H2,(H,20,21). The summed E-state index contributed by atoms with van der Waals surface area (Å²) in [4.78, 5) is 2.19. The van der Waals surface area contributed by atoms with E-state index < -0.39 is 10.2 Å². The second-order valence-electron chi connectivity index (χ2n) is 6.97. The molecule has 0 radical (unpaired) electrons. The van der Waals surface area contributed by atoms with Crippen molar-refractivity contribution in [1.29, 1.82) is 0 Å². The molecule has 0 bridgehead atoms. The Balaban J connectivity index is 1.38. The molecule has 0 saturated carbocycles. The number of halogens is 1. The lowest BCUT2D eigenvalue weighted by molar-refractivity contribution is 0.0684. The molecule has 152 valence electrons. The van der Waals surface area contributed by atoms with E-state index >= 15 is 0 Å². The topological polar surface area (TPSA) is 81.8 Å². The Hall–Kier alpha value is -1.85. The third-order valence-corrected chi connectivity index (χ3v) is 7.21. The minimum atomic E-state index is -3.43. The SMILES string of the molecule is O=S(=O)(N1CCOCC1)N1CCN(Cc2cn[nH]c2-c2cccc(F)c2)CC1. The molecule has 0 spiro atoms. The number of ether oxygens (including phenoxy) is 1. The predicted octanol–water partition coefficient (Wildman–Crippen LogP) is 0.910. The lowest BCUT2D eigenvalue weighted by atomic mass is 10.1. The highest BCUT2D eigenvalue weighted by atomic mass is 32.2. The summed E-state index contributed by atoms with van der Waals surface area (Å²) in [6.45, 7) is 4.52. The summed E-state index contributed by atoms with van der Waals surface area (Å²) in [5, 5.41) is 7.06. The Morgan fingerprint density at radius 2 is 1.79 bits per heavy atom. The van der Waals surface area contributed by atoms with Crippen molar-refractivity contribution >= 4 is 10.2 Å². The van der Waals surface area contributed by atoms with E-state index in [9.17, 15) is 12.8 Å². The van der Waals surface area contributed by atoms with Gasteiger partial charge in [-0.05, 0) is 12.1 Å². The molecular formula is C18H24FN5O3S. The molecule has 2 aliphatic heterocycles. The fourth-order valence-corrected chi connectivity index (χ4v) is 5.19. The van der Waals surface area contributed by atoms with E-state index in [0.29, 0.717) is 59.0 Å². The number of nitrogens with zero attached hydrogens (tertiary/aromatic N) is 4. The Kier molecular flexibility index (Phi) is 5.74. The van der Waals surface area contributed by atoms with Crippen LogP contribution in [0.1, 0.15) is 5.56 Å². The summed E-state index contributed by atoms with van der Waals surface area (Å²) in [5.41, 5.74) is 2.51. The van der Waals surface area contributed by atoms with Crippen LogP contribution in [-0.4, -0.2) is 84.6 Å². The molecule has 10 heteroatoms. The molecule has 28 heavy (non-hydrogen) atoms. The second-order valence-corrected chi connectivity index (χ2v) is 8.90. The van der Waals surface area contributed by atoms with Gasteiger partial charge in [0.2, 0.25) is 0 Å². The number of morpholine rings is 1. The number of nitrogens with one attached hydrogen (secondary N) is 1. The maximum atomic E-state index is 13.5. The molecule has 1 aromatic heterocycles. The second kappa shape index (κ2) is 8.26. The van der Waals surface area contributed by atoms with Crippen molar-refractivity contribution < 1.29 is 17.5 Å². The molecule has 0 amide bonds. The first-order chi connectivity index (χ1) is 13.5. The van der Waals surface area contributed by atoms with E-state index in [1.54, 1.807) is 16.6 Å². The Bertz CT molecular complexity index is 905. The van der Waals surface area contributed by atoms with Crippen molar-refractivity contribution in [3.05, 3.63) is 41.8 Å². The number of aromatic nitrogens is 2. The van der Waals surface area contributed by atoms with E-state index in [0.717, 1.165) is 16.8 Å². The van der Waals surface area contributed by atoms with Crippen LogP contribution in [0.2, 0.25) is 0 Å². The molecular weight excluding hydrogens is 385 g/mol. The number of hydrogen-bond donors (Lipinski definition) is 1. The van der Waals surface area contributed by atoms with Crippen LogP contribution in [-0.2, 0) is 21.5 Å². The molecule has 8 nitrogen and oxygen atoms in total. The van der Waals surface area contributed by atoms with Gasteiger partial charge < -0.3 is 4.74 Å². The Morgan fingerprint density at radius 3 is 2.50 bits per heavy atom. The summed E-state index contributed by atoms with van der Waals surface area (Å²) in [6.07, 6.45) is 1.75. The summed E-state index contributed by atoms with van der Waals surface area (Å²) < 4.78 is 47.4. The molecule has 3 heterocycles. The molecule has 2 saturated heterocycles. The normalized spacial score (nSPS) is 20.5. The molecule has 2 aromatic rings. The minimum Gasteiger partial charge on any atom is -0.379 e. The first-order valence-electron chi connectivity index (χ1n) is 9.37. The molecule has 2 fully saturated rings. The van der Waals surface area contributed by atoms with E-state index in [-0.39, 0.29) is 5.82 Å². The van der Waals surface area contributed by atoms with Crippen molar-refractivity contribution in [2.45, 2.75) is 6.54 Å². The number of aromatic amines is 1. The zero-order valence-corrected chi connectivity index (χ0v) is 16.4. The van der Waals surface area contributed by atoms with Crippen molar-refractivity contribution in [1.82, 2.24) is 23.7 Å². The molecule has 0 atom stereocenters. The third-order valence-electron chi connectivity index (χ3n) is 5.18. The lowest BCUT2D eigenvalue weighted by Gasteiger charge is -2.37. The van der Waals surface area contributed by atoms with Crippen LogP contribution < -0.4 is 0 Å². The van der Waals surface area contributed by atoms with Gasteiger partial charge in [-0.3, -0.25) is 10.00 Å². The number of H-pyrrole nitrogens is 1. The smallest absolute Gasteiger partial charge is 0.282 e. The number of piperazine rings is 1. The highest BCUT2D eigenvalue weighted by Crippen LogP contribution is 2.24. The van der Waals surface area contributed by atoms with Gasteiger partial charge in [-0.1, -0.05) is 12.1 Å².